The van der Waals surface area contributed by atoms with Crippen molar-refractivity contribution in [2.75, 3.05) is 7.05 Å². The molecule has 1 aliphatic carbocycles. The summed E-state index contributed by atoms with van der Waals surface area (Å²) in [6, 6.07) is 0.382. The van der Waals surface area contributed by atoms with Gasteiger partial charge in [0.2, 0.25) is 0 Å². The van der Waals surface area contributed by atoms with Crippen LogP contribution < -0.4 is 5.32 Å². The molecule has 17 heavy (non-hydrogen) atoms. The van der Waals surface area contributed by atoms with E-state index in [-0.39, 0.29) is 0 Å². The minimum atomic E-state index is 0.382. The van der Waals surface area contributed by atoms with Crippen molar-refractivity contribution < 1.29 is 0 Å². The first-order chi connectivity index (χ1) is 8.35. The maximum absolute atomic E-state index is 4.43. The maximum Gasteiger partial charge on any atom is 0.134 e. The van der Waals surface area contributed by atoms with E-state index in [2.05, 4.69) is 22.4 Å². The zero-order valence-corrected chi connectivity index (χ0v) is 11.7. The molecule has 0 aliphatic heterocycles. The molecule has 1 atom stereocenters. The van der Waals surface area contributed by atoms with Crippen molar-refractivity contribution in [3.63, 3.8) is 0 Å². The van der Waals surface area contributed by atoms with E-state index >= 15 is 0 Å². The zero-order valence-electron chi connectivity index (χ0n) is 10.9. The van der Waals surface area contributed by atoms with Crippen molar-refractivity contribution in [2.45, 2.75) is 63.8 Å². The van der Waals surface area contributed by atoms with E-state index in [0.717, 1.165) is 11.4 Å². The minimum absolute atomic E-state index is 0.382. The van der Waals surface area contributed by atoms with Gasteiger partial charge in [-0.25, -0.2) is 0 Å². The molecule has 1 aromatic rings. The Hall–Kier alpha value is -0.480. The summed E-state index contributed by atoms with van der Waals surface area (Å²) in [5.41, 5.74) is 0. The van der Waals surface area contributed by atoms with Gasteiger partial charge in [-0.05, 0) is 26.3 Å². The van der Waals surface area contributed by atoms with Crippen LogP contribution in [0.1, 0.15) is 73.8 Å². The summed E-state index contributed by atoms with van der Waals surface area (Å²) in [5, 5.41) is 14.5. The van der Waals surface area contributed by atoms with E-state index in [4.69, 9.17) is 0 Å². The molecule has 1 aliphatic rings. The van der Waals surface area contributed by atoms with Crippen LogP contribution in [0.2, 0.25) is 0 Å². The quantitative estimate of drug-likeness (QED) is 0.832. The number of hydrogen-bond donors (Lipinski definition) is 1. The molecule has 3 nitrogen and oxygen atoms in total. The van der Waals surface area contributed by atoms with Crippen LogP contribution in [-0.2, 0) is 0 Å². The van der Waals surface area contributed by atoms with Gasteiger partial charge >= 0.3 is 0 Å². The van der Waals surface area contributed by atoms with Gasteiger partial charge in [-0.15, -0.1) is 10.2 Å². The number of nitrogens with zero attached hydrogens (tertiary/aromatic N) is 2. The molecule has 0 aromatic carbocycles. The molecule has 1 aromatic heterocycles. The van der Waals surface area contributed by atoms with Crippen LogP contribution in [0.4, 0.5) is 0 Å². The van der Waals surface area contributed by atoms with Crippen molar-refractivity contribution in [3.05, 3.63) is 10.0 Å². The van der Waals surface area contributed by atoms with Gasteiger partial charge in [-0.2, -0.15) is 0 Å². The maximum atomic E-state index is 4.43. The van der Waals surface area contributed by atoms with Gasteiger partial charge in [0.25, 0.3) is 0 Å². The lowest BCUT2D eigenvalue weighted by molar-refractivity contribution is 0.563. The molecule has 1 fully saturated rings. The third-order valence-corrected chi connectivity index (χ3v) is 4.91. The molecule has 96 valence electrons. The van der Waals surface area contributed by atoms with E-state index in [1.54, 1.807) is 0 Å². The predicted octanol–water partition coefficient (Wildman–Crippen LogP) is 3.65. The highest BCUT2D eigenvalue weighted by atomic mass is 32.1. The van der Waals surface area contributed by atoms with Crippen molar-refractivity contribution in [1.82, 2.24) is 15.5 Å². The molecule has 1 unspecified atom stereocenters. The van der Waals surface area contributed by atoms with Crippen LogP contribution in [0.25, 0.3) is 0 Å². The van der Waals surface area contributed by atoms with E-state index in [1.807, 2.05) is 18.4 Å². The molecule has 0 amide bonds. The van der Waals surface area contributed by atoms with Gasteiger partial charge in [0, 0.05) is 5.92 Å². The van der Waals surface area contributed by atoms with Crippen molar-refractivity contribution in [2.24, 2.45) is 0 Å². The molecule has 1 saturated carbocycles. The smallest absolute Gasteiger partial charge is 0.134 e. The highest BCUT2D eigenvalue weighted by Crippen LogP contribution is 2.34. The molecule has 0 saturated heterocycles. The molecule has 4 heteroatoms. The Morgan fingerprint density at radius 2 is 1.94 bits per heavy atom. The molecular weight excluding hydrogens is 230 g/mol. The van der Waals surface area contributed by atoms with Gasteiger partial charge in [0.1, 0.15) is 10.0 Å². The third-order valence-electron chi connectivity index (χ3n) is 3.72. The lowest BCUT2D eigenvalue weighted by Crippen LogP contribution is -2.14. The van der Waals surface area contributed by atoms with Gasteiger partial charge in [0.05, 0.1) is 6.04 Å². The number of rotatable bonds is 4. The molecule has 2 rings (SSSR count). The van der Waals surface area contributed by atoms with E-state index in [9.17, 15) is 0 Å². The fourth-order valence-corrected chi connectivity index (χ4v) is 3.79. The van der Waals surface area contributed by atoms with Crippen molar-refractivity contribution in [1.29, 1.82) is 0 Å². The summed E-state index contributed by atoms with van der Waals surface area (Å²) in [6.07, 6.45) is 9.23. The third kappa shape index (κ3) is 3.26. The fourth-order valence-electron chi connectivity index (χ4n) is 2.58. The number of hydrogen-bond acceptors (Lipinski definition) is 4. The average molecular weight is 253 g/mol. The molecular formula is C13H23N3S. The van der Waals surface area contributed by atoms with Gasteiger partial charge in [0.15, 0.2) is 0 Å². The summed E-state index contributed by atoms with van der Waals surface area (Å²) in [7, 11) is 2.00. The predicted molar refractivity (Wildman–Crippen MR) is 72.4 cm³/mol. The second-order valence-corrected chi connectivity index (χ2v) is 5.96. The Kier molecular flexibility index (Phi) is 4.92. The summed E-state index contributed by atoms with van der Waals surface area (Å²) in [5.74, 6) is 0.679. The first kappa shape index (κ1) is 13.0. The number of aromatic nitrogens is 2. The average Bonchev–Trinajstić information content (AvgIpc) is 2.67. The monoisotopic (exact) mass is 253 g/mol. The van der Waals surface area contributed by atoms with Gasteiger partial charge in [-0.1, -0.05) is 43.9 Å². The van der Waals surface area contributed by atoms with Crippen LogP contribution in [-0.4, -0.2) is 17.2 Å². The van der Waals surface area contributed by atoms with Crippen LogP contribution in [0.5, 0.6) is 0 Å². The largest absolute Gasteiger partial charge is 0.311 e. The highest BCUT2D eigenvalue weighted by molar-refractivity contribution is 7.11. The van der Waals surface area contributed by atoms with Crippen LogP contribution in [0, 0.1) is 0 Å². The zero-order chi connectivity index (χ0) is 12.1. The first-order valence-electron chi connectivity index (χ1n) is 6.85. The summed E-state index contributed by atoms with van der Waals surface area (Å²) >= 11 is 1.82. The normalized spacial score (nSPS) is 20.1. The summed E-state index contributed by atoms with van der Waals surface area (Å²) in [6.45, 7) is 2.19. The molecule has 1 heterocycles. The minimum Gasteiger partial charge on any atom is -0.311 e. The van der Waals surface area contributed by atoms with Crippen molar-refractivity contribution in [3.8, 4) is 0 Å². The lowest BCUT2D eigenvalue weighted by atomic mass is 10.0. The lowest BCUT2D eigenvalue weighted by Gasteiger charge is -2.10. The topological polar surface area (TPSA) is 37.8 Å². The Morgan fingerprint density at radius 1 is 1.24 bits per heavy atom. The van der Waals surface area contributed by atoms with Crippen LogP contribution in [0.15, 0.2) is 0 Å². The van der Waals surface area contributed by atoms with Gasteiger partial charge < -0.3 is 5.32 Å². The summed E-state index contributed by atoms with van der Waals surface area (Å²) in [4.78, 5) is 0. The highest BCUT2D eigenvalue weighted by Gasteiger charge is 2.20. The summed E-state index contributed by atoms with van der Waals surface area (Å²) < 4.78 is 0. The SMILES string of the molecule is CCC(NC)c1nnc(C2CCCCCC2)s1. The Balaban J connectivity index is 2.05. The molecule has 1 N–H and O–H groups in total. The van der Waals surface area contributed by atoms with E-state index < -0.39 is 0 Å². The Labute approximate surface area is 108 Å². The second kappa shape index (κ2) is 6.45. The Morgan fingerprint density at radius 3 is 2.53 bits per heavy atom. The molecule has 0 radical (unpaired) electrons. The van der Waals surface area contributed by atoms with E-state index in [1.165, 1.54) is 43.5 Å². The second-order valence-electron chi connectivity index (χ2n) is 4.92. The fraction of sp³-hybridized carbons (Fsp3) is 0.846. The van der Waals surface area contributed by atoms with E-state index in [0.29, 0.717) is 12.0 Å². The molecule has 0 spiro atoms. The first-order valence-corrected chi connectivity index (χ1v) is 7.67. The standard InChI is InChI=1S/C13H23N3S/c1-3-11(14-2)13-16-15-12(17-13)10-8-6-4-5-7-9-10/h10-11,14H,3-9H2,1-2H3. The van der Waals surface area contributed by atoms with Crippen molar-refractivity contribution >= 4 is 11.3 Å². The Bertz CT molecular complexity index is 325. The number of nitrogens with one attached hydrogen (secondary N) is 1. The van der Waals surface area contributed by atoms with Crippen LogP contribution in [0.3, 0.4) is 0 Å². The van der Waals surface area contributed by atoms with Gasteiger partial charge in [-0.3, -0.25) is 0 Å². The molecule has 0 bridgehead atoms. The van der Waals surface area contributed by atoms with Crippen LogP contribution >= 0.6 is 11.3 Å².